The second-order valence-corrected chi connectivity index (χ2v) is 4.06. The Morgan fingerprint density at radius 1 is 0.818 bits per heavy atom. The van der Waals surface area contributed by atoms with Crippen LogP contribution in [0.5, 0.6) is 0 Å². The first-order valence-corrected chi connectivity index (χ1v) is 4.83. The van der Waals surface area contributed by atoms with Crippen LogP contribution in [0.4, 0.5) is 0 Å². The van der Waals surface area contributed by atoms with Crippen LogP contribution in [0.25, 0.3) is 0 Å². The molecule has 11 heavy (non-hydrogen) atoms. The van der Waals surface area contributed by atoms with E-state index in [1.54, 1.807) is 0 Å². The van der Waals surface area contributed by atoms with Crippen molar-refractivity contribution in [3.63, 3.8) is 0 Å². The smallest absolute Gasteiger partial charge is 0.00200 e. The molecule has 2 N–H and O–H groups in total. The third kappa shape index (κ3) is 1.57. The van der Waals surface area contributed by atoms with Gasteiger partial charge in [-0.25, -0.2) is 0 Å². The fourth-order valence-corrected chi connectivity index (χ4v) is 2.42. The van der Waals surface area contributed by atoms with Gasteiger partial charge in [-0.2, -0.15) is 0 Å². The minimum Gasteiger partial charge on any atom is -0.316 e. The zero-order valence-corrected chi connectivity index (χ0v) is 7.16. The molecule has 0 aliphatic carbocycles. The molecule has 0 atom stereocenters. The van der Waals surface area contributed by atoms with E-state index >= 15 is 0 Å². The van der Waals surface area contributed by atoms with Crippen LogP contribution in [0.2, 0.25) is 0 Å². The molecule has 0 saturated carbocycles. The van der Waals surface area contributed by atoms with Gasteiger partial charge in [0.05, 0.1) is 0 Å². The van der Waals surface area contributed by atoms with E-state index in [0.717, 1.165) is 0 Å². The molecule has 0 bridgehead atoms. The molecule has 2 fully saturated rings. The third-order valence-corrected chi connectivity index (χ3v) is 3.12. The Hall–Kier alpha value is -0.0800. The highest BCUT2D eigenvalue weighted by Gasteiger charge is 2.32. The highest BCUT2D eigenvalue weighted by Crippen LogP contribution is 2.32. The van der Waals surface area contributed by atoms with E-state index in [2.05, 4.69) is 10.6 Å². The van der Waals surface area contributed by atoms with Crippen molar-refractivity contribution in [3.05, 3.63) is 0 Å². The van der Waals surface area contributed by atoms with Crippen LogP contribution in [-0.4, -0.2) is 26.2 Å². The van der Waals surface area contributed by atoms with Gasteiger partial charge in [0.25, 0.3) is 0 Å². The first-order chi connectivity index (χ1) is 5.41. The van der Waals surface area contributed by atoms with Crippen molar-refractivity contribution in [2.75, 3.05) is 26.2 Å². The van der Waals surface area contributed by atoms with Gasteiger partial charge in [-0.1, -0.05) is 0 Å². The van der Waals surface area contributed by atoms with E-state index < -0.39 is 0 Å². The molecule has 2 heterocycles. The first kappa shape index (κ1) is 7.56. The average Bonchev–Trinajstić information content (AvgIpc) is 2.07. The van der Waals surface area contributed by atoms with Crippen molar-refractivity contribution < 1.29 is 0 Å². The summed E-state index contributed by atoms with van der Waals surface area (Å²) in [7, 11) is 0. The molecule has 0 aromatic rings. The van der Waals surface area contributed by atoms with E-state index in [1.807, 2.05) is 0 Å². The normalized spacial score (nSPS) is 30.5. The molecule has 0 aromatic carbocycles. The first-order valence-electron chi connectivity index (χ1n) is 4.83. The Bertz CT molecular complexity index is 102. The van der Waals surface area contributed by atoms with Crippen LogP contribution in [0, 0.1) is 5.41 Å². The summed E-state index contributed by atoms with van der Waals surface area (Å²) < 4.78 is 0. The van der Waals surface area contributed by atoms with Gasteiger partial charge in [0.15, 0.2) is 0 Å². The minimum atomic E-state index is 0.635. The van der Waals surface area contributed by atoms with Gasteiger partial charge >= 0.3 is 0 Å². The van der Waals surface area contributed by atoms with Gasteiger partial charge in [0.2, 0.25) is 0 Å². The predicted octanol–water partition coefficient (Wildman–Crippen LogP) is 0.740. The highest BCUT2D eigenvalue weighted by molar-refractivity contribution is 4.89. The van der Waals surface area contributed by atoms with E-state index in [-0.39, 0.29) is 0 Å². The molecule has 0 radical (unpaired) electrons. The quantitative estimate of drug-likeness (QED) is 0.538. The monoisotopic (exact) mass is 154 g/mol. The zero-order chi connectivity index (χ0) is 7.57. The number of nitrogens with one attached hydrogen (secondary N) is 2. The van der Waals surface area contributed by atoms with Crippen LogP contribution in [0.3, 0.4) is 0 Å². The Kier molecular flexibility index (Phi) is 2.14. The SMILES string of the molecule is C1CNCC2(C1)CCCNC2. The van der Waals surface area contributed by atoms with Crippen molar-refractivity contribution in [1.29, 1.82) is 0 Å². The molecule has 2 heteroatoms. The van der Waals surface area contributed by atoms with Gasteiger partial charge in [-0.05, 0) is 44.2 Å². The van der Waals surface area contributed by atoms with Gasteiger partial charge < -0.3 is 10.6 Å². The maximum Gasteiger partial charge on any atom is 0.00200 e. The molecule has 64 valence electrons. The second-order valence-electron chi connectivity index (χ2n) is 4.06. The lowest BCUT2D eigenvalue weighted by Crippen LogP contribution is -2.49. The summed E-state index contributed by atoms with van der Waals surface area (Å²) in [6, 6.07) is 0. The largest absolute Gasteiger partial charge is 0.316 e. The molecular weight excluding hydrogens is 136 g/mol. The van der Waals surface area contributed by atoms with Crippen molar-refractivity contribution in [2.45, 2.75) is 25.7 Å². The molecule has 2 rings (SSSR count). The topological polar surface area (TPSA) is 24.1 Å². The molecule has 2 aliphatic heterocycles. The predicted molar refractivity (Wildman–Crippen MR) is 46.6 cm³/mol. The lowest BCUT2D eigenvalue weighted by Gasteiger charge is -2.41. The summed E-state index contributed by atoms with van der Waals surface area (Å²) >= 11 is 0. The van der Waals surface area contributed by atoms with Gasteiger partial charge in [0.1, 0.15) is 0 Å². The maximum atomic E-state index is 3.51. The Balaban J connectivity index is 1.94. The summed E-state index contributed by atoms with van der Waals surface area (Å²) in [5.41, 5.74) is 0.635. The van der Waals surface area contributed by atoms with E-state index in [4.69, 9.17) is 0 Å². The van der Waals surface area contributed by atoms with Crippen LogP contribution in [0.1, 0.15) is 25.7 Å². The lowest BCUT2D eigenvalue weighted by molar-refractivity contribution is 0.157. The molecule has 0 amide bonds. The van der Waals surface area contributed by atoms with Crippen LogP contribution in [0.15, 0.2) is 0 Å². The van der Waals surface area contributed by atoms with Crippen LogP contribution >= 0.6 is 0 Å². The number of rotatable bonds is 0. The van der Waals surface area contributed by atoms with Crippen LogP contribution in [-0.2, 0) is 0 Å². The van der Waals surface area contributed by atoms with Gasteiger partial charge in [-0.15, -0.1) is 0 Å². The van der Waals surface area contributed by atoms with Crippen LogP contribution < -0.4 is 10.6 Å². The maximum absolute atomic E-state index is 3.51. The van der Waals surface area contributed by atoms with Crippen molar-refractivity contribution in [1.82, 2.24) is 10.6 Å². The summed E-state index contributed by atoms with van der Waals surface area (Å²) in [4.78, 5) is 0. The number of hydrogen-bond donors (Lipinski definition) is 2. The summed E-state index contributed by atoms with van der Waals surface area (Å²) in [6.07, 6.45) is 5.63. The molecule has 0 aromatic heterocycles. The molecule has 2 saturated heterocycles. The fraction of sp³-hybridized carbons (Fsp3) is 1.00. The standard InChI is InChI=1S/C9H18N2/c1-3-9(7-10-5-1)4-2-6-11-8-9/h10-11H,1-8H2. The molecule has 1 spiro atoms. The fourth-order valence-electron chi connectivity index (χ4n) is 2.42. The van der Waals surface area contributed by atoms with E-state index in [9.17, 15) is 0 Å². The zero-order valence-electron chi connectivity index (χ0n) is 7.16. The van der Waals surface area contributed by atoms with Crippen molar-refractivity contribution >= 4 is 0 Å². The van der Waals surface area contributed by atoms with Crippen molar-refractivity contribution in [2.24, 2.45) is 5.41 Å². The molecular formula is C9H18N2. The highest BCUT2D eigenvalue weighted by atomic mass is 15.0. The Morgan fingerprint density at radius 2 is 1.36 bits per heavy atom. The van der Waals surface area contributed by atoms with Crippen molar-refractivity contribution in [3.8, 4) is 0 Å². The Labute approximate surface area is 68.7 Å². The number of piperidine rings is 2. The third-order valence-electron chi connectivity index (χ3n) is 3.12. The molecule has 2 nitrogen and oxygen atoms in total. The van der Waals surface area contributed by atoms with E-state index in [1.165, 1.54) is 51.9 Å². The summed E-state index contributed by atoms with van der Waals surface area (Å²) in [5.74, 6) is 0. The minimum absolute atomic E-state index is 0.635. The average molecular weight is 154 g/mol. The lowest BCUT2D eigenvalue weighted by atomic mass is 9.75. The van der Waals surface area contributed by atoms with Gasteiger partial charge in [-0.3, -0.25) is 0 Å². The Morgan fingerprint density at radius 3 is 1.73 bits per heavy atom. The molecule has 0 unspecified atom stereocenters. The second kappa shape index (κ2) is 3.11. The summed E-state index contributed by atoms with van der Waals surface area (Å²) in [6.45, 7) is 4.98. The number of hydrogen-bond acceptors (Lipinski definition) is 2. The molecule has 2 aliphatic rings. The van der Waals surface area contributed by atoms with E-state index in [0.29, 0.717) is 5.41 Å². The van der Waals surface area contributed by atoms with Gasteiger partial charge in [0, 0.05) is 13.1 Å². The summed E-state index contributed by atoms with van der Waals surface area (Å²) in [5, 5.41) is 7.01.